The van der Waals surface area contributed by atoms with Gasteiger partial charge in [-0.2, -0.15) is 0 Å². The minimum atomic E-state index is -1.26. The number of β-lactam (4-membered cyclic amide) rings is 1. The molecule has 0 aromatic carbocycles. The van der Waals surface area contributed by atoms with Gasteiger partial charge in [-0.3, -0.25) is 24.7 Å². The number of aliphatic carboxylic acids is 1. The summed E-state index contributed by atoms with van der Waals surface area (Å²) in [5, 5.41) is 27.8. The number of nitrogen functional groups attached to an aromatic ring is 1. The van der Waals surface area contributed by atoms with Crippen LogP contribution in [-0.2, 0) is 19.2 Å². The molecule has 3 amide bonds. The number of rotatable bonds is 12. The fourth-order valence-electron chi connectivity index (χ4n) is 3.87. The number of carbonyl (C=O) groups excluding carboxylic acids is 3. The molecule has 2 aliphatic rings. The van der Waals surface area contributed by atoms with E-state index in [1.807, 2.05) is 0 Å². The number of anilines is 1. The van der Waals surface area contributed by atoms with Crippen molar-refractivity contribution in [1.82, 2.24) is 25.5 Å². The fourth-order valence-corrected chi connectivity index (χ4v) is 6.75. The number of carbonyl (C=O) groups is 4. The number of oxime groups is 1. The van der Waals surface area contributed by atoms with Gasteiger partial charge >= 0.3 is 5.97 Å². The number of carboxylic acid groups (broad SMARTS) is 1. The number of amides is 3. The van der Waals surface area contributed by atoms with Crippen LogP contribution in [0.25, 0.3) is 0 Å². The molecule has 2 atom stereocenters. The van der Waals surface area contributed by atoms with Crippen LogP contribution in [0.5, 0.6) is 0 Å². The van der Waals surface area contributed by atoms with Crippen LogP contribution < -0.4 is 22.1 Å². The summed E-state index contributed by atoms with van der Waals surface area (Å²) < 4.78 is 0. The number of thiazole rings is 1. The average Bonchev–Trinajstić information content (AvgIpc) is 3.38. The Kier molecular flexibility index (Phi) is 9.46. The summed E-state index contributed by atoms with van der Waals surface area (Å²) in [5.74, 6) is -2.35. The monoisotopic (exact) mass is 619 g/mol. The molecule has 1 fully saturated rings. The molecule has 18 heteroatoms. The number of thioether (sulfide) groups is 2. The molecule has 2 aliphatic heterocycles. The number of nitrogens with zero attached hydrogens (tertiary/aromatic N) is 4. The first-order valence-electron chi connectivity index (χ1n) is 11.8. The Labute approximate surface area is 245 Å². The quantitative estimate of drug-likeness (QED) is 0.0608. The average molecular weight is 620 g/mol. The third-order valence-corrected chi connectivity index (χ3v) is 8.81. The molecule has 1 saturated heterocycles. The molecule has 216 valence electrons. The summed E-state index contributed by atoms with van der Waals surface area (Å²) in [5.41, 5.74) is 11.7. The Morgan fingerprint density at radius 3 is 2.76 bits per heavy atom. The smallest absolute Gasteiger partial charge is 0.352 e. The van der Waals surface area contributed by atoms with Gasteiger partial charge in [-0.05, 0) is 17.7 Å². The first-order chi connectivity index (χ1) is 19.6. The molecule has 2 aromatic heterocycles. The van der Waals surface area contributed by atoms with E-state index in [1.165, 1.54) is 47.1 Å². The summed E-state index contributed by atoms with van der Waals surface area (Å²) in [4.78, 5) is 64.5. The lowest BCUT2D eigenvalue weighted by atomic mass is 10.0. The van der Waals surface area contributed by atoms with Crippen LogP contribution in [0.3, 0.4) is 0 Å². The van der Waals surface area contributed by atoms with Crippen molar-refractivity contribution in [2.45, 2.75) is 22.9 Å². The molecule has 8 N–H and O–H groups in total. The summed E-state index contributed by atoms with van der Waals surface area (Å²) in [6.45, 7) is 0.234. The van der Waals surface area contributed by atoms with Gasteiger partial charge in [0.25, 0.3) is 17.7 Å². The third kappa shape index (κ3) is 6.77. The standard InChI is InChI=1S/C23H25N9O6S3/c1-38-31-15(12-9-41-23(26)29-12)19(34)30-16-20(35)32-17(22(36)37)11(8-40-21(16)32)7-39-14-3-2-10(6-28-14)18(33)27-5-4-13(24)25/h2-3,6,9,16,21H,4-5,7-8H2,1H3,(H3,24,25)(H2,26,29)(H,27,33)(H,30,34)(H,36,37)/t16-,21+/m1/s1. The van der Waals surface area contributed by atoms with Crippen molar-refractivity contribution < 1.29 is 29.1 Å². The first kappa shape index (κ1) is 29.8. The molecule has 0 spiro atoms. The maximum Gasteiger partial charge on any atom is 0.352 e. The second-order valence-corrected chi connectivity index (χ2v) is 11.5. The Morgan fingerprint density at radius 2 is 2.15 bits per heavy atom. The van der Waals surface area contributed by atoms with Crippen LogP contribution in [0.1, 0.15) is 22.5 Å². The lowest BCUT2D eigenvalue weighted by Gasteiger charge is -2.49. The van der Waals surface area contributed by atoms with Crippen molar-refractivity contribution >= 4 is 75.2 Å². The molecule has 41 heavy (non-hydrogen) atoms. The van der Waals surface area contributed by atoms with Gasteiger partial charge in [-0.15, -0.1) is 34.9 Å². The molecule has 0 bridgehead atoms. The number of nitrogens with two attached hydrogens (primary N) is 2. The lowest BCUT2D eigenvalue weighted by Crippen LogP contribution is -2.71. The minimum Gasteiger partial charge on any atom is -0.477 e. The maximum atomic E-state index is 13.0. The van der Waals surface area contributed by atoms with Gasteiger partial charge in [0, 0.05) is 36.0 Å². The highest BCUT2D eigenvalue weighted by molar-refractivity contribution is 8.01. The zero-order valence-corrected chi connectivity index (χ0v) is 23.9. The van der Waals surface area contributed by atoms with Crippen molar-refractivity contribution in [2.75, 3.05) is 30.9 Å². The van der Waals surface area contributed by atoms with Crippen molar-refractivity contribution in [3.05, 3.63) is 46.2 Å². The molecule has 0 unspecified atom stereocenters. The predicted molar refractivity (Wildman–Crippen MR) is 154 cm³/mol. The minimum absolute atomic E-state index is 0.0269. The summed E-state index contributed by atoms with van der Waals surface area (Å²) in [7, 11) is 1.26. The second kappa shape index (κ2) is 13.0. The van der Waals surface area contributed by atoms with Gasteiger partial charge in [-0.25, -0.2) is 14.8 Å². The van der Waals surface area contributed by atoms with E-state index in [4.69, 9.17) is 21.7 Å². The van der Waals surface area contributed by atoms with E-state index in [9.17, 15) is 24.3 Å². The number of fused-ring (bicyclic) bond motifs is 1. The van der Waals surface area contributed by atoms with E-state index >= 15 is 0 Å². The predicted octanol–water partition coefficient (Wildman–Crippen LogP) is 0.0576. The number of aromatic nitrogens is 2. The van der Waals surface area contributed by atoms with E-state index < -0.39 is 29.2 Å². The largest absolute Gasteiger partial charge is 0.477 e. The van der Waals surface area contributed by atoms with Crippen molar-refractivity contribution in [3.8, 4) is 0 Å². The molecule has 0 aliphatic carbocycles. The zero-order chi connectivity index (χ0) is 29.7. The Hall–Kier alpha value is -4.16. The van der Waals surface area contributed by atoms with Crippen molar-refractivity contribution in [3.63, 3.8) is 0 Å². The van der Waals surface area contributed by atoms with Gasteiger partial charge in [-0.1, -0.05) is 5.16 Å². The topological polar surface area (TPSA) is 239 Å². The van der Waals surface area contributed by atoms with Gasteiger partial charge in [0.2, 0.25) is 0 Å². The normalized spacial score (nSPS) is 18.3. The summed E-state index contributed by atoms with van der Waals surface area (Å²) in [6.07, 6.45) is 1.64. The van der Waals surface area contributed by atoms with E-state index in [0.29, 0.717) is 21.9 Å². The van der Waals surface area contributed by atoms with Gasteiger partial charge in [0.05, 0.1) is 16.4 Å². The second-order valence-electron chi connectivity index (χ2n) is 8.52. The highest BCUT2D eigenvalue weighted by Gasteiger charge is 2.54. The molecule has 4 rings (SSSR count). The van der Waals surface area contributed by atoms with Crippen LogP contribution in [-0.4, -0.2) is 91.8 Å². The molecular weight excluding hydrogens is 595 g/mol. The Balaban J connectivity index is 1.40. The van der Waals surface area contributed by atoms with E-state index in [0.717, 1.165) is 11.3 Å². The van der Waals surface area contributed by atoms with Gasteiger partial charge in [0.15, 0.2) is 10.8 Å². The Bertz CT molecular complexity index is 1440. The van der Waals surface area contributed by atoms with E-state index in [2.05, 4.69) is 25.8 Å². The number of nitrogens with one attached hydrogen (secondary N) is 3. The summed E-state index contributed by atoms with van der Waals surface area (Å²) in [6, 6.07) is 2.26. The van der Waals surface area contributed by atoms with Gasteiger partial charge in [0.1, 0.15) is 29.9 Å². The van der Waals surface area contributed by atoms with Crippen LogP contribution in [0.2, 0.25) is 0 Å². The van der Waals surface area contributed by atoms with Crippen LogP contribution in [0.15, 0.2) is 45.2 Å². The number of hydrogen-bond donors (Lipinski definition) is 6. The van der Waals surface area contributed by atoms with E-state index in [1.54, 1.807) is 12.1 Å². The highest BCUT2D eigenvalue weighted by atomic mass is 32.2. The zero-order valence-electron chi connectivity index (χ0n) is 21.4. The lowest BCUT2D eigenvalue weighted by molar-refractivity contribution is -0.150. The number of pyridine rings is 1. The van der Waals surface area contributed by atoms with E-state index in [-0.39, 0.29) is 52.7 Å². The molecule has 4 heterocycles. The summed E-state index contributed by atoms with van der Waals surface area (Å²) >= 11 is 3.70. The number of hydrogen-bond acceptors (Lipinski definition) is 13. The number of carboxylic acids is 1. The van der Waals surface area contributed by atoms with Crippen LogP contribution >= 0.6 is 34.9 Å². The molecular formula is C23H25N9O6S3. The fraction of sp³-hybridized carbons (Fsp3) is 0.304. The maximum absolute atomic E-state index is 13.0. The van der Waals surface area contributed by atoms with Crippen molar-refractivity contribution in [1.29, 1.82) is 5.41 Å². The van der Waals surface area contributed by atoms with Crippen LogP contribution in [0.4, 0.5) is 5.13 Å². The SMILES string of the molecule is CON=C(C(=O)N[C@@H]1C(=O)N2C(C(=O)O)=C(CSc3ccc(C(=O)NCCC(=N)N)cn3)CS[C@@H]12)c1csc(N)n1. The third-order valence-electron chi connectivity index (χ3n) is 5.77. The number of amidine groups is 1. The molecule has 0 radical (unpaired) electrons. The first-order valence-corrected chi connectivity index (χ1v) is 14.8. The molecule has 15 nitrogen and oxygen atoms in total. The molecule has 2 aromatic rings. The van der Waals surface area contributed by atoms with Gasteiger partial charge < -0.3 is 32.0 Å². The Morgan fingerprint density at radius 1 is 1.37 bits per heavy atom. The van der Waals surface area contributed by atoms with Crippen LogP contribution in [0, 0.1) is 5.41 Å². The molecule has 0 saturated carbocycles. The van der Waals surface area contributed by atoms with Crippen molar-refractivity contribution in [2.24, 2.45) is 10.9 Å². The highest BCUT2D eigenvalue weighted by Crippen LogP contribution is 2.41.